The average Bonchev–Trinajstić information content (AvgIpc) is 2.54. The predicted molar refractivity (Wildman–Crippen MR) is 92.7 cm³/mol. The molecule has 5 nitrogen and oxygen atoms in total. The van der Waals surface area contributed by atoms with Gasteiger partial charge in [0, 0.05) is 10.1 Å². The molecule has 1 aliphatic carbocycles. The van der Waals surface area contributed by atoms with Gasteiger partial charge in [0.1, 0.15) is 6.04 Å². The highest BCUT2D eigenvalue weighted by atomic mass is 32.2. The fraction of sp³-hybridized carbons (Fsp3) is 0.556. The monoisotopic (exact) mass is 349 g/mol. The summed E-state index contributed by atoms with van der Waals surface area (Å²) in [5.41, 5.74) is 1.42. The quantitative estimate of drug-likeness (QED) is 0.775. The minimum Gasteiger partial charge on any atom is -0.480 e. The maximum Gasteiger partial charge on any atom is 0.336 e. The zero-order valence-corrected chi connectivity index (χ0v) is 14.5. The number of aryl methyl sites for hydroxylation is 1. The Labute approximate surface area is 145 Å². The minimum atomic E-state index is -0.890. The standard InChI is InChI=1S/C18H23NO4S/c1-10-2-5-14(17(20)21)16(6-10)24-13-4-3-11-9-19-15(18(22)23)8-12(11)7-13/h2,5-6,11-13,15,19H,3-4,7-9H2,1H3,(H,20,21)(H,22,23)/t11-,12+,13-,15-/m0/s1. The first-order valence-corrected chi connectivity index (χ1v) is 9.28. The Morgan fingerprint density at radius 3 is 2.67 bits per heavy atom. The average molecular weight is 349 g/mol. The Morgan fingerprint density at radius 1 is 1.17 bits per heavy atom. The van der Waals surface area contributed by atoms with E-state index in [-0.39, 0.29) is 0 Å². The third kappa shape index (κ3) is 3.75. The lowest BCUT2D eigenvalue weighted by Crippen LogP contribution is -2.49. The smallest absolute Gasteiger partial charge is 0.336 e. The molecule has 2 aliphatic rings. The van der Waals surface area contributed by atoms with E-state index in [2.05, 4.69) is 5.32 Å². The van der Waals surface area contributed by atoms with Gasteiger partial charge in [-0.1, -0.05) is 6.07 Å². The first-order valence-electron chi connectivity index (χ1n) is 8.41. The lowest BCUT2D eigenvalue weighted by Gasteiger charge is -2.41. The molecule has 1 saturated heterocycles. The van der Waals surface area contributed by atoms with Crippen molar-refractivity contribution in [2.45, 2.75) is 48.8 Å². The van der Waals surface area contributed by atoms with Crippen molar-refractivity contribution in [1.29, 1.82) is 0 Å². The summed E-state index contributed by atoms with van der Waals surface area (Å²) in [6, 6.07) is 5.01. The molecule has 1 aliphatic heterocycles. The van der Waals surface area contributed by atoms with Gasteiger partial charge in [-0.3, -0.25) is 4.79 Å². The van der Waals surface area contributed by atoms with Gasteiger partial charge >= 0.3 is 11.9 Å². The van der Waals surface area contributed by atoms with Crippen LogP contribution < -0.4 is 5.32 Å². The zero-order valence-electron chi connectivity index (χ0n) is 13.7. The topological polar surface area (TPSA) is 86.6 Å². The van der Waals surface area contributed by atoms with Gasteiger partial charge in [0.25, 0.3) is 0 Å². The number of benzene rings is 1. The van der Waals surface area contributed by atoms with Crippen molar-refractivity contribution in [3.05, 3.63) is 29.3 Å². The summed E-state index contributed by atoms with van der Waals surface area (Å²) in [5, 5.41) is 22.1. The number of carboxylic acids is 2. The molecule has 0 aromatic heterocycles. The van der Waals surface area contributed by atoms with Crippen LogP contribution in [-0.2, 0) is 4.79 Å². The van der Waals surface area contributed by atoms with Crippen LogP contribution in [0, 0.1) is 18.8 Å². The highest BCUT2D eigenvalue weighted by Crippen LogP contribution is 2.43. The Morgan fingerprint density at radius 2 is 1.96 bits per heavy atom. The van der Waals surface area contributed by atoms with Gasteiger partial charge in [-0.2, -0.15) is 0 Å². The van der Waals surface area contributed by atoms with Gasteiger partial charge < -0.3 is 15.5 Å². The molecule has 0 unspecified atom stereocenters. The maximum atomic E-state index is 11.4. The Kier molecular flexibility index (Phi) is 5.15. The van der Waals surface area contributed by atoms with Crippen molar-refractivity contribution in [3.8, 4) is 0 Å². The summed E-state index contributed by atoms with van der Waals surface area (Å²) >= 11 is 1.65. The largest absolute Gasteiger partial charge is 0.480 e. The predicted octanol–water partition coefficient (Wildman–Crippen LogP) is 3.02. The van der Waals surface area contributed by atoms with Gasteiger partial charge in [-0.25, -0.2) is 4.79 Å². The summed E-state index contributed by atoms with van der Waals surface area (Å²) in [6.45, 7) is 2.75. The van der Waals surface area contributed by atoms with Crippen molar-refractivity contribution in [2.75, 3.05) is 6.54 Å². The van der Waals surface area contributed by atoms with Crippen molar-refractivity contribution >= 4 is 23.7 Å². The zero-order chi connectivity index (χ0) is 17.3. The Bertz CT molecular complexity index is 648. The molecule has 1 aromatic rings. The summed E-state index contributed by atoms with van der Waals surface area (Å²) in [5.74, 6) is -0.695. The number of aliphatic carboxylic acids is 1. The normalized spacial score (nSPS) is 29.7. The molecule has 1 heterocycles. The molecule has 0 spiro atoms. The number of rotatable bonds is 4. The first-order chi connectivity index (χ1) is 11.4. The molecule has 3 N–H and O–H groups in total. The van der Waals surface area contributed by atoms with Crippen molar-refractivity contribution in [1.82, 2.24) is 5.32 Å². The summed E-state index contributed by atoms with van der Waals surface area (Å²) in [6.07, 6.45) is 3.78. The van der Waals surface area contributed by atoms with Crippen LogP contribution >= 0.6 is 11.8 Å². The third-order valence-corrected chi connectivity index (χ3v) is 6.57. The Hall–Kier alpha value is -1.53. The van der Waals surface area contributed by atoms with Crippen LogP contribution in [0.3, 0.4) is 0 Å². The second kappa shape index (κ2) is 7.15. The van der Waals surface area contributed by atoms with Crippen LogP contribution in [0.15, 0.2) is 23.1 Å². The van der Waals surface area contributed by atoms with Crippen molar-refractivity contribution in [3.63, 3.8) is 0 Å². The van der Waals surface area contributed by atoms with Crippen molar-refractivity contribution < 1.29 is 19.8 Å². The van der Waals surface area contributed by atoms with E-state index < -0.39 is 18.0 Å². The molecule has 0 radical (unpaired) electrons. The molecule has 6 heteroatoms. The van der Waals surface area contributed by atoms with Gasteiger partial charge in [0.2, 0.25) is 0 Å². The third-order valence-electron chi connectivity index (χ3n) is 5.22. The first kappa shape index (κ1) is 17.3. The molecule has 1 saturated carbocycles. The number of fused-ring (bicyclic) bond motifs is 1. The van der Waals surface area contributed by atoms with Crippen LogP contribution in [0.1, 0.15) is 41.6 Å². The van der Waals surface area contributed by atoms with Gasteiger partial charge in [-0.15, -0.1) is 11.8 Å². The van der Waals surface area contributed by atoms with E-state index in [0.717, 1.165) is 36.3 Å². The second-order valence-electron chi connectivity index (χ2n) is 6.91. The number of piperidine rings is 1. The highest BCUT2D eigenvalue weighted by molar-refractivity contribution is 8.00. The Balaban J connectivity index is 1.70. The number of carbonyl (C=O) groups is 2. The van der Waals surface area contributed by atoms with E-state index in [1.807, 2.05) is 19.1 Å². The second-order valence-corrected chi connectivity index (χ2v) is 8.25. The van der Waals surface area contributed by atoms with Crippen molar-refractivity contribution in [2.24, 2.45) is 11.8 Å². The number of hydrogen-bond acceptors (Lipinski definition) is 4. The van der Waals surface area contributed by atoms with Gasteiger partial charge in [0.15, 0.2) is 0 Å². The SMILES string of the molecule is Cc1ccc(C(=O)O)c(S[C@H]2CC[C@H]3CN[C@H](C(=O)O)C[C@H]3C2)c1. The van der Waals surface area contributed by atoms with Crippen LogP contribution in [0.2, 0.25) is 0 Å². The van der Waals surface area contributed by atoms with Gasteiger partial charge in [0.05, 0.1) is 5.56 Å². The molecule has 24 heavy (non-hydrogen) atoms. The molecule has 4 atom stereocenters. The number of thioether (sulfide) groups is 1. The van der Waals surface area contributed by atoms with Crippen LogP contribution in [-0.4, -0.2) is 40.0 Å². The molecule has 130 valence electrons. The molecule has 0 bridgehead atoms. The van der Waals surface area contributed by atoms with E-state index in [1.165, 1.54) is 0 Å². The molecular weight excluding hydrogens is 326 g/mol. The van der Waals surface area contributed by atoms with E-state index in [9.17, 15) is 19.8 Å². The van der Waals surface area contributed by atoms with Crippen LogP contribution in [0.5, 0.6) is 0 Å². The lowest BCUT2D eigenvalue weighted by molar-refractivity contribution is -0.141. The molecule has 1 aromatic carbocycles. The number of carboxylic acid groups (broad SMARTS) is 2. The van der Waals surface area contributed by atoms with E-state index >= 15 is 0 Å². The van der Waals surface area contributed by atoms with Crippen LogP contribution in [0.25, 0.3) is 0 Å². The molecule has 0 amide bonds. The fourth-order valence-corrected chi connectivity index (χ4v) is 5.39. The molecular formula is C18H23NO4S. The minimum absolute atomic E-state index is 0.360. The summed E-state index contributed by atoms with van der Waals surface area (Å²) in [4.78, 5) is 23.5. The summed E-state index contributed by atoms with van der Waals surface area (Å²) < 4.78 is 0. The van der Waals surface area contributed by atoms with Crippen LogP contribution in [0.4, 0.5) is 0 Å². The lowest BCUT2D eigenvalue weighted by atomic mass is 9.73. The highest BCUT2D eigenvalue weighted by Gasteiger charge is 2.38. The maximum absolute atomic E-state index is 11.4. The number of aromatic carboxylic acids is 1. The van der Waals surface area contributed by atoms with Gasteiger partial charge in [-0.05, 0) is 68.7 Å². The number of hydrogen-bond donors (Lipinski definition) is 3. The summed E-state index contributed by atoms with van der Waals surface area (Å²) in [7, 11) is 0. The number of nitrogens with one attached hydrogen (secondary N) is 1. The van der Waals surface area contributed by atoms with E-state index in [0.29, 0.717) is 29.1 Å². The van der Waals surface area contributed by atoms with E-state index in [4.69, 9.17) is 0 Å². The van der Waals surface area contributed by atoms with E-state index in [1.54, 1.807) is 17.8 Å². The molecule has 3 rings (SSSR count). The molecule has 2 fully saturated rings. The fourth-order valence-electron chi connectivity index (χ4n) is 3.90.